The molecule has 114 valence electrons. The van der Waals surface area contributed by atoms with Crippen LogP contribution in [0.2, 0.25) is 0 Å². The smallest absolute Gasteiger partial charge is 0.194 e. The van der Waals surface area contributed by atoms with Crippen molar-refractivity contribution in [2.45, 2.75) is 5.92 Å². The first-order valence-corrected chi connectivity index (χ1v) is 7.24. The quantitative estimate of drug-likeness (QED) is 0.843. The summed E-state index contributed by atoms with van der Waals surface area (Å²) in [6, 6.07) is 9.71. The fraction of sp³-hybridized carbons (Fsp3) is 0.353. The molecule has 6 heteroatoms. The second-order valence-electron chi connectivity index (χ2n) is 5.91. The third kappa shape index (κ3) is 1.95. The Labute approximate surface area is 134 Å². The molecule has 1 aliphatic carbocycles. The summed E-state index contributed by atoms with van der Waals surface area (Å²) >= 11 is 0. The maximum Gasteiger partial charge on any atom is 0.194 e. The highest BCUT2D eigenvalue weighted by atomic mass is 16.3. The van der Waals surface area contributed by atoms with Crippen molar-refractivity contribution in [1.82, 2.24) is 4.90 Å². The Morgan fingerprint density at radius 3 is 2.65 bits per heavy atom. The molecule has 2 aliphatic rings. The van der Waals surface area contributed by atoms with Crippen LogP contribution < -0.4 is 5.73 Å². The van der Waals surface area contributed by atoms with Crippen molar-refractivity contribution in [1.29, 1.82) is 15.8 Å². The van der Waals surface area contributed by atoms with Crippen LogP contribution in [0.5, 0.6) is 0 Å². The van der Waals surface area contributed by atoms with E-state index >= 15 is 0 Å². The van der Waals surface area contributed by atoms with Gasteiger partial charge in [-0.1, -0.05) is 6.08 Å². The summed E-state index contributed by atoms with van der Waals surface area (Å²) in [5.74, 6) is -0.195. The predicted octanol–water partition coefficient (Wildman–Crippen LogP) is 1.63. The number of rotatable bonds is 1. The van der Waals surface area contributed by atoms with Gasteiger partial charge in [-0.25, -0.2) is 0 Å². The Morgan fingerprint density at radius 2 is 2.09 bits per heavy atom. The molecule has 0 fully saturated rings. The first-order chi connectivity index (χ1) is 11.1. The van der Waals surface area contributed by atoms with E-state index in [0.29, 0.717) is 18.8 Å². The molecule has 1 aromatic rings. The molecular weight excluding hydrogens is 290 g/mol. The second kappa shape index (κ2) is 5.32. The van der Waals surface area contributed by atoms with Gasteiger partial charge >= 0.3 is 0 Å². The van der Waals surface area contributed by atoms with Gasteiger partial charge in [0.15, 0.2) is 5.41 Å². The van der Waals surface area contributed by atoms with Crippen LogP contribution in [0.15, 0.2) is 45.7 Å². The molecule has 0 saturated heterocycles. The molecule has 2 atom stereocenters. The summed E-state index contributed by atoms with van der Waals surface area (Å²) in [5, 5.41) is 29.1. The van der Waals surface area contributed by atoms with Gasteiger partial charge in [0.25, 0.3) is 0 Å². The number of allylic oxidation sites excluding steroid dienone is 2. The maximum atomic E-state index is 9.78. The zero-order valence-corrected chi connectivity index (χ0v) is 12.7. The highest BCUT2D eigenvalue weighted by molar-refractivity contribution is 5.58. The molecule has 0 radical (unpaired) electrons. The van der Waals surface area contributed by atoms with Crippen LogP contribution in [0.4, 0.5) is 0 Å². The van der Waals surface area contributed by atoms with Crippen LogP contribution in [0.3, 0.4) is 0 Å². The molecule has 1 aliphatic heterocycles. The van der Waals surface area contributed by atoms with E-state index in [9.17, 15) is 15.8 Å². The van der Waals surface area contributed by atoms with Gasteiger partial charge in [-0.2, -0.15) is 15.8 Å². The van der Waals surface area contributed by atoms with E-state index in [4.69, 9.17) is 10.2 Å². The maximum absolute atomic E-state index is 9.78. The van der Waals surface area contributed by atoms with E-state index in [1.807, 2.05) is 13.1 Å². The van der Waals surface area contributed by atoms with Gasteiger partial charge in [0.05, 0.1) is 35.6 Å². The van der Waals surface area contributed by atoms with Crippen molar-refractivity contribution in [2.75, 3.05) is 20.1 Å². The number of hydrogen-bond donors (Lipinski definition) is 1. The first kappa shape index (κ1) is 14.9. The van der Waals surface area contributed by atoms with Gasteiger partial charge in [-0.15, -0.1) is 0 Å². The van der Waals surface area contributed by atoms with E-state index in [-0.39, 0.29) is 17.2 Å². The average molecular weight is 305 g/mol. The van der Waals surface area contributed by atoms with Gasteiger partial charge in [-0.3, -0.25) is 0 Å². The average Bonchev–Trinajstić information content (AvgIpc) is 3.08. The van der Waals surface area contributed by atoms with Gasteiger partial charge in [-0.05, 0) is 24.8 Å². The number of nitrogens with zero attached hydrogens (tertiary/aromatic N) is 4. The monoisotopic (exact) mass is 305 g/mol. The van der Waals surface area contributed by atoms with Gasteiger partial charge < -0.3 is 15.1 Å². The fourth-order valence-electron chi connectivity index (χ4n) is 3.60. The van der Waals surface area contributed by atoms with E-state index in [0.717, 1.165) is 5.57 Å². The van der Waals surface area contributed by atoms with E-state index in [1.54, 1.807) is 12.1 Å². The highest BCUT2D eigenvalue weighted by Gasteiger charge is 2.55. The van der Waals surface area contributed by atoms with E-state index in [2.05, 4.69) is 23.1 Å². The predicted molar refractivity (Wildman–Crippen MR) is 81.0 cm³/mol. The van der Waals surface area contributed by atoms with Crippen LogP contribution in [0, 0.1) is 45.3 Å². The molecule has 0 aromatic carbocycles. The summed E-state index contributed by atoms with van der Waals surface area (Å²) in [5.41, 5.74) is 5.63. The summed E-state index contributed by atoms with van der Waals surface area (Å²) < 4.78 is 5.52. The molecule has 3 rings (SSSR count). The first-order valence-electron chi connectivity index (χ1n) is 7.24. The summed E-state index contributed by atoms with van der Waals surface area (Å²) in [7, 11) is 1.96. The molecule has 23 heavy (non-hydrogen) atoms. The SMILES string of the molecule is CN1CC=C2C(C#N)=C(N)C(C#N)(C#N)C(c3ccco3)C2C1. The van der Waals surface area contributed by atoms with E-state index in [1.165, 1.54) is 6.26 Å². The third-order valence-electron chi connectivity index (χ3n) is 4.70. The zero-order valence-electron chi connectivity index (χ0n) is 12.7. The normalized spacial score (nSPS) is 26.4. The summed E-state index contributed by atoms with van der Waals surface area (Å²) in [6.45, 7) is 1.32. The Kier molecular flexibility index (Phi) is 3.45. The minimum absolute atomic E-state index is 0.0263. The highest BCUT2D eigenvalue weighted by Crippen LogP contribution is 2.53. The lowest BCUT2D eigenvalue weighted by atomic mass is 9.59. The van der Waals surface area contributed by atoms with Crippen LogP contribution in [-0.2, 0) is 0 Å². The second-order valence-corrected chi connectivity index (χ2v) is 5.91. The standard InChI is InChI=1S/C17H15N5O/c1-22-5-4-11-12(7-18)16(21)17(9-19,10-20)15(13(11)8-22)14-3-2-6-23-14/h2-4,6,13,15H,5,8,21H2,1H3. The van der Waals surface area contributed by atoms with E-state index < -0.39 is 11.3 Å². The Balaban J connectivity index is 2.33. The van der Waals surface area contributed by atoms with Crippen LogP contribution in [-0.4, -0.2) is 25.0 Å². The number of nitrogens with two attached hydrogens (primary N) is 1. The van der Waals surface area contributed by atoms with Crippen molar-refractivity contribution < 1.29 is 4.42 Å². The van der Waals surface area contributed by atoms with Crippen molar-refractivity contribution in [3.05, 3.63) is 47.1 Å². The van der Waals surface area contributed by atoms with Crippen molar-refractivity contribution in [3.8, 4) is 18.2 Å². The van der Waals surface area contributed by atoms with Crippen LogP contribution >= 0.6 is 0 Å². The molecule has 2 N–H and O–H groups in total. The minimum Gasteiger partial charge on any atom is -0.469 e. The molecule has 0 bridgehead atoms. The lowest BCUT2D eigenvalue weighted by Crippen LogP contribution is -2.47. The number of fused-ring (bicyclic) bond motifs is 1. The van der Waals surface area contributed by atoms with Crippen LogP contribution in [0.1, 0.15) is 11.7 Å². The van der Waals surface area contributed by atoms with Crippen molar-refractivity contribution in [2.24, 2.45) is 17.1 Å². The Bertz CT molecular complexity index is 799. The number of furan rings is 1. The molecular formula is C17H15N5O. The molecule has 0 amide bonds. The molecule has 0 spiro atoms. The largest absolute Gasteiger partial charge is 0.469 e. The van der Waals surface area contributed by atoms with Crippen molar-refractivity contribution in [3.63, 3.8) is 0 Å². The van der Waals surface area contributed by atoms with Crippen LogP contribution in [0.25, 0.3) is 0 Å². The zero-order chi connectivity index (χ0) is 16.6. The number of nitriles is 3. The van der Waals surface area contributed by atoms with Gasteiger partial charge in [0, 0.05) is 19.0 Å². The Hall–Kier alpha value is -3.01. The summed E-state index contributed by atoms with van der Waals surface area (Å²) in [4.78, 5) is 2.08. The number of likely N-dealkylation sites (N-methyl/N-ethyl adjacent to an activating group) is 1. The summed E-state index contributed by atoms with van der Waals surface area (Å²) in [6.07, 6.45) is 3.47. The Morgan fingerprint density at radius 1 is 1.35 bits per heavy atom. The minimum atomic E-state index is -1.61. The fourth-order valence-corrected chi connectivity index (χ4v) is 3.60. The lowest BCUT2D eigenvalue weighted by Gasteiger charge is -2.43. The topological polar surface area (TPSA) is 114 Å². The molecule has 2 unspecified atom stereocenters. The molecule has 1 aromatic heterocycles. The van der Waals surface area contributed by atoms with Gasteiger partial charge in [0.1, 0.15) is 11.8 Å². The molecule has 2 heterocycles. The third-order valence-corrected chi connectivity index (χ3v) is 4.70. The van der Waals surface area contributed by atoms with Crippen molar-refractivity contribution >= 4 is 0 Å². The lowest BCUT2D eigenvalue weighted by molar-refractivity contribution is 0.218. The molecule has 0 saturated carbocycles. The number of hydrogen-bond acceptors (Lipinski definition) is 6. The molecule has 6 nitrogen and oxygen atoms in total. The van der Waals surface area contributed by atoms with Gasteiger partial charge in [0.2, 0.25) is 0 Å².